The van der Waals surface area contributed by atoms with Gasteiger partial charge in [-0.05, 0) is 23.8 Å². The molecule has 2 rings (SSSR count). The van der Waals surface area contributed by atoms with E-state index in [1.807, 2.05) is 13.8 Å². The molecule has 0 spiro atoms. The van der Waals surface area contributed by atoms with Crippen LogP contribution in [-0.4, -0.2) is 18.2 Å². The molecule has 0 radical (unpaired) electrons. The number of carbonyl (C=O) groups excluding carboxylic acids is 1. The Morgan fingerprint density at radius 3 is 2.30 bits per heavy atom. The summed E-state index contributed by atoms with van der Waals surface area (Å²) in [4.78, 5) is 12.4. The molecule has 0 aliphatic heterocycles. The highest BCUT2D eigenvalue weighted by Crippen LogP contribution is 2.25. The van der Waals surface area contributed by atoms with Crippen LogP contribution in [0, 0.1) is 11.6 Å². The van der Waals surface area contributed by atoms with E-state index in [-0.39, 0.29) is 23.3 Å². The summed E-state index contributed by atoms with van der Waals surface area (Å²) < 4.78 is 27.4. The Hall–Kier alpha value is -1.88. The molecular weight excluding hydrogens is 316 g/mol. The molecule has 0 heterocycles. The predicted molar refractivity (Wildman–Crippen MR) is 89.6 cm³/mol. The molecule has 0 saturated carbocycles. The minimum atomic E-state index is -0.524. The topological polar surface area (TPSA) is 29.1 Å². The van der Waals surface area contributed by atoms with Crippen LogP contribution in [0.3, 0.4) is 0 Å². The highest BCUT2D eigenvalue weighted by molar-refractivity contribution is 8.00. The number of carbonyl (C=O) groups is 1. The second kappa shape index (κ2) is 7.59. The molecule has 0 saturated heterocycles. The second-order valence-electron chi connectivity index (χ2n) is 5.86. The lowest BCUT2D eigenvalue weighted by atomic mass is 9.84. The van der Waals surface area contributed by atoms with Gasteiger partial charge in [-0.1, -0.05) is 44.2 Å². The Bertz CT molecular complexity index is 688. The molecule has 0 atom stereocenters. The van der Waals surface area contributed by atoms with Gasteiger partial charge in [0.15, 0.2) is 0 Å². The standard InChI is InChI=1S/C18H19F2NOS/c1-18(2,13-7-3-4-8-14(13)19)12-21-17(22)11-23-16-10-6-5-9-15(16)20/h3-10H,11-12H2,1-2H3,(H,21,22). The molecule has 2 aromatic carbocycles. The molecule has 1 N–H and O–H groups in total. The van der Waals surface area contributed by atoms with Gasteiger partial charge in [-0.25, -0.2) is 8.78 Å². The van der Waals surface area contributed by atoms with E-state index in [0.29, 0.717) is 17.0 Å². The molecule has 0 bridgehead atoms. The van der Waals surface area contributed by atoms with Gasteiger partial charge in [-0.3, -0.25) is 4.79 Å². The van der Waals surface area contributed by atoms with E-state index in [0.717, 1.165) is 11.8 Å². The molecule has 122 valence electrons. The van der Waals surface area contributed by atoms with Gasteiger partial charge in [-0.15, -0.1) is 11.8 Å². The molecule has 0 aliphatic carbocycles. The van der Waals surface area contributed by atoms with Crippen LogP contribution in [-0.2, 0) is 10.2 Å². The number of nitrogens with one attached hydrogen (secondary N) is 1. The van der Waals surface area contributed by atoms with E-state index in [1.54, 1.807) is 36.4 Å². The highest BCUT2D eigenvalue weighted by Gasteiger charge is 2.24. The van der Waals surface area contributed by atoms with Crippen molar-refractivity contribution in [2.24, 2.45) is 0 Å². The lowest BCUT2D eigenvalue weighted by Crippen LogP contribution is -2.38. The summed E-state index contributed by atoms with van der Waals surface area (Å²) in [5.74, 6) is -0.707. The van der Waals surface area contributed by atoms with Crippen molar-refractivity contribution < 1.29 is 13.6 Å². The van der Waals surface area contributed by atoms with Crippen LogP contribution < -0.4 is 5.32 Å². The monoisotopic (exact) mass is 335 g/mol. The molecule has 5 heteroatoms. The molecule has 0 unspecified atom stereocenters. The third kappa shape index (κ3) is 4.79. The summed E-state index contributed by atoms with van der Waals surface area (Å²) >= 11 is 1.14. The summed E-state index contributed by atoms with van der Waals surface area (Å²) in [5, 5.41) is 2.79. The van der Waals surface area contributed by atoms with Crippen molar-refractivity contribution in [3.05, 3.63) is 65.7 Å². The molecule has 2 nitrogen and oxygen atoms in total. The van der Waals surface area contributed by atoms with Crippen LogP contribution in [0.4, 0.5) is 8.78 Å². The summed E-state index contributed by atoms with van der Waals surface area (Å²) in [5.41, 5.74) is 0.0333. The smallest absolute Gasteiger partial charge is 0.230 e. The molecule has 1 amide bonds. The minimum Gasteiger partial charge on any atom is -0.355 e. The zero-order valence-corrected chi connectivity index (χ0v) is 13.9. The molecule has 0 fully saturated rings. The Labute approximate surface area is 139 Å². The highest BCUT2D eigenvalue weighted by atomic mass is 32.2. The lowest BCUT2D eigenvalue weighted by molar-refractivity contribution is -0.118. The number of halogens is 2. The van der Waals surface area contributed by atoms with Gasteiger partial charge in [0.05, 0.1) is 5.75 Å². The van der Waals surface area contributed by atoms with Gasteiger partial charge in [-0.2, -0.15) is 0 Å². The van der Waals surface area contributed by atoms with Crippen molar-refractivity contribution in [1.29, 1.82) is 0 Å². The maximum Gasteiger partial charge on any atom is 0.230 e. The number of thioether (sulfide) groups is 1. The molecular formula is C18H19F2NOS. The van der Waals surface area contributed by atoms with Gasteiger partial charge >= 0.3 is 0 Å². The van der Waals surface area contributed by atoms with Crippen molar-refractivity contribution in [1.82, 2.24) is 5.32 Å². The maximum absolute atomic E-state index is 13.9. The van der Waals surface area contributed by atoms with Crippen molar-refractivity contribution in [3.63, 3.8) is 0 Å². The zero-order chi connectivity index (χ0) is 16.9. The van der Waals surface area contributed by atoms with Gasteiger partial charge < -0.3 is 5.32 Å². The van der Waals surface area contributed by atoms with E-state index >= 15 is 0 Å². The Balaban J connectivity index is 1.89. The van der Waals surface area contributed by atoms with Crippen LogP contribution in [0.2, 0.25) is 0 Å². The van der Waals surface area contributed by atoms with Gasteiger partial charge in [0.1, 0.15) is 11.6 Å². The summed E-state index contributed by atoms with van der Waals surface area (Å²) in [6.45, 7) is 4.05. The van der Waals surface area contributed by atoms with Crippen LogP contribution in [0.1, 0.15) is 19.4 Å². The molecule has 2 aromatic rings. The Morgan fingerprint density at radius 2 is 1.65 bits per heavy atom. The van der Waals surface area contributed by atoms with E-state index in [2.05, 4.69) is 5.32 Å². The van der Waals surface area contributed by atoms with Gasteiger partial charge in [0.2, 0.25) is 5.91 Å². The third-order valence-corrected chi connectivity index (χ3v) is 4.57. The summed E-state index contributed by atoms with van der Waals surface area (Å²) in [6.07, 6.45) is 0. The van der Waals surface area contributed by atoms with Crippen molar-refractivity contribution in [2.45, 2.75) is 24.2 Å². The number of amides is 1. The van der Waals surface area contributed by atoms with Crippen molar-refractivity contribution in [2.75, 3.05) is 12.3 Å². The first-order chi connectivity index (χ1) is 10.9. The van der Waals surface area contributed by atoms with Crippen LogP contribution in [0.15, 0.2) is 53.4 Å². The summed E-state index contributed by atoms with van der Waals surface area (Å²) in [7, 11) is 0. The van der Waals surface area contributed by atoms with Crippen LogP contribution >= 0.6 is 11.8 Å². The molecule has 23 heavy (non-hydrogen) atoms. The quantitative estimate of drug-likeness (QED) is 0.804. The SMILES string of the molecule is CC(C)(CNC(=O)CSc1ccccc1F)c1ccccc1F. The average Bonchev–Trinajstić information content (AvgIpc) is 2.52. The number of benzene rings is 2. The minimum absolute atomic E-state index is 0.119. The molecule has 0 aromatic heterocycles. The Kier molecular flexibility index (Phi) is 5.77. The van der Waals surface area contributed by atoms with Gasteiger partial charge in [0.25, 0.3) is 0 Å². The maximum atomic E-state index is 13.9. The first-order valence-electron chi connectivity index (χ1n) is 7.29. The number of hydrogen-bond donors (Lipinski definition) is 1. The largest absolute Gasteiger partial charge is 0.355 e. The molecule has 0 aliphatic rings. The Morgan fingerprint density at radius 1 is 1.04 bits per heavy atom. The fraction of sp³-hybridized carbons (Fsp3) is 0.278. The van der Waals surface area contributed by atoms with Crippen LogP contribution in [0.25, 0.3) is 0 Å². The van der Waals surface area contributed by atoms with Crippen molar-refractivity contribution in [3.8, 4) is 0 Å². The summed E-state index contributed by atoms with van der Waals surface area (Å²) in [6, 6.07) is 12.9. The van der Waals surface area contributed by atoms with Crippen LogP contribution in [0.5, 0.6) is 0 Å². The van der Waals surface area contributed by atoms with Crippen molar-refractivity contribution >= 4 is 17.7 Å². The van der Waals surface area contributed by atoms with E-state index in [9.17, 15) is 13.6 Å². The fourth-order valence-electron chi connectivity index (χ4n) is 2.18. The van der Waals surface area contributed by atoms with E-state index in [1.165, 1.54) is 12.1 Å². The number of hydrogen-bond acceptors (Lipinski definition) is 2. The third-order valence-electron chi connectivity index (χ3n) is 3.53. The lowest BCUT2D eigenvalue weighted by Gasteiger charge is -2.26. The van der Waals surface area contributed by atoms with E-state index < -0.39 is 5.41 Å². The number of rotatable bonds is 6. The fourth-order valence-corrected chi connectivity index (χ4v) is 2.95. The second-order valence-corrected chi connectivity index (χ2v) is 6.88. The zero-order valence-electron chi connectivity index (χ0n) is 13.1. The van der Waals surface area contributed by atoms with Gasteiger partial charge in [0, 0.05) is 16.9 Å². The first kappa shape index (κ1) is 17.5. The average molecular weight is 335 g/mol. The normalized spacial score (nSPS) is 11.3. The van der Waals surface area contributed by atoms with E-state index in [4.69, 9.17) is 0 Å². The predicted octanol–water partition coefficient (Wildman–Crippen LogP) is 4.15. The first-order valence-corrected chi connectivity index (χ1v) is 8.28.